The second-order valence-corrected chi connectivity index (χ2v) is 9.30. The van der Waals surface area contributed by atoms with Crippen LogP contribution in [0.3, 0.4) is 0 Å². The maximum absolute atomic E-state index is 13.3. The van der Waals surface area contributed by atoms with Crippen LogP contribution in [0.25, 0.3) is 0 Å². The first kappa shape index (κ1) is 23.1. The van der Waals surface area contributed by atoms with Crippen molar-refractivity contribution in [3.8, 4) is 0 Å². The largest absolute Gasteiger partial charge is 0.510 e. The molecule has 8 nitrogen and oxygen atoms in total. The van der Waals surface area contributed by atoms with Crippen molar-refractivity contribution in [1.29, 1.82) is 0 Å². The molecule has 1 aliphatic heterocycles. The predicted molar refractivity (Wildman–Crippen MR) is 113 cm³/mol. The number of carbonyl (C=O) groups is 3. The van der Waals surface area contributed by atoms with Gasteiger partial charge in [0, 0.05) is 6.42 Å². The zero-order valence-electron chi connectivity index (χ0n) is 18.6. The molecular formula is C23H32N2O6. The molecule has 31 heavy (non-hydrogen) atoms. The summed E-state index contributed by atoms with van der Waals surface area (Å²) in [7, 11) is 0. The third kappa shape index (κ3) is 5.76. The van der Waals surface area contributed by atoms with Gasteiger partial charge < -0.3 is 19.5 Å². The van der Waals surface area contributed by atoms with Crippen LogP contribution in [-0.4, -0.2) is 41.4 Å². The molecule has 8 heteroatoms. The molecule has 1 amide bonds. The van der Waals surface area contributed by atoms with Crippen LogP contribution in [0.15, 0.2) is 30.3 Å². The molecular weight excluding hydrogens is 400 g/mol. The molecule has 4 atom stereocenters. The van der Waals surface area contributed by atoms with Crippen molar-refractivity contribution in [2.45, 2.75) is 83.4 Å². The van der Waals surface area contributed by atoms with Crippen LogP contribution in [0.5, 0.6) is 0 Å². The van der Waals surface area contributed by atoms with E-state index in [-0.39, 0.29) is 18.3 Å². The van der Waals surface area contributed by atoms with Gasteiger partial charge in [-0.15, -0.1) is 0 Å². The Morgan fingerprint density at radius 1 is 1.23 bits per heavy atom. The van der Waals surface area contributed by atoms with Crippen LogP contribution >= 0.6 is 0 Å². The molecule has 0 aromatic heterocycles. The highest BCUT2D eigenvalue weighted by atomic mass is 16.7. The van der Waals surface area contributed by atoms with Gasteiger partial charge in [-0.2, -0.15) is 0 Å². The van der Waals surface area contributed by atoms with E-state index in [2.05, 4.69) is 10.6 Å². The van der Waals surface area contributed by atoms with Crippen molar-refractivity contribution in [2.24, 2.45) is 5.92 Å². The summed E-state index contributed by atoms with van der Waals surface area (Å²) >= 11 is 0. The van der Waals surface area contributed by atoms with Crippen molar-refractivity contribution in [1.82, 2.24) is 10.6 Å². The molecule has 2 aliphatic rings. The highest BCUT2D eigenvalue weighted by molar-refractivity contribution is 5.95. The second kappa shape index (κ2) is 9.26. The summed E-state index contributed by atoms with van der Waals surface area (Å²) < 4.78 is 15.9. The van der Waals surface area contributed by atoms with Crippen LogP contribution < -0.4 is 10.6 Å². The number of hydrogen-bond donors (Lipinski definition) is 2. The first-order valence-corrected chi connectivity index (χ1v) is 10.8. The first-order valence-electron chi connectivity index (χ1n) is 10.8. The van der Waals surface area contributed by atoms with Crippen LogP contribution in [0.1, 0.15) is 58.9 Å². The van der Waals surface area contributed by atoms with Gasteiger partial charge in [-0.05, 0) is 52.0 Å². The van der Waals surface area contributed by atoms with E-state index >= 15 is 0 Å². The highest BCUT2D eigenvalue weighted by Gasteiger charge is 2.56. The number of alkyl carbamates (subject to hydrolysis) is 1. The number of benzene rings is 1. The lowest BCUT2D eigenvalue weighted by Gasteiger charge is -2.31. The predicted octanol–water partition coefficient (Wildman–Crippen LogP) is 3.68. The molecule has 3 rings (SSSR count). The van der Waals surface area contributed by atoms with Crippen molar-refractivity contribution in [2.75, 3.05) is 0 Å². The number of amides is 1. The second-order valence-electron chi connectivity index (χ2n) is 9.30. The number of hydrogen-bond acceptors (Lipinski definition) is 7. The normalized spacial score (nSPS) is 25.9. The SMILES string of the molecule is C[C@H](NC(=O)OC(C)(C)C)C(=O)[C@]12CCC[C@H]1C[C@H](OC(=O)OCc1ccccc1)N2. The lowest BCUT2D eigenvalue weighted by atomic mass is 9.82. The topological polar surface area (TPSA) is 103 Å². The molecule has 1 heterocycles. The third-order valence-electron chi connectivity index (χ3n) is 5.74. The molecule has 170 valence electrons. The van der Waals surface area contributed by atoms with Crippen LogP contribution in [0.4, 0.5) is 9.59 Å². The van der Waals surface area contributed by atoms with Crippen molar-refractivity contribution < 1.29 is 28.6 Å². The number of ketones is 1. The molecule has 0 radical (unpaired) electrons. The Balaban J connectivity index is 1.56. The van der Waals surface area contributed by atoms with Crippen LogP contribution in [-0.2, 0) is 25.6 Å². The molecule has 1 saturated carbocycles. The standard InChI is InChI=1S/C23H32N2O6/c1-15(24-20(27)31-22(2,3)4)19(26)23-12-8-11-17(23)13-18(25-23)30-21(28)29-14-16-9-6-5-7-10-16/h5-7,9-10,15,17-18,25H,8,11-14H2,1-4H3,(H,24,27)/t15-,17-,18-,23-/m0/s1. The smallest absolute Gasteiger partial charge is 0.444 e. The van der Waals surface area contributed by atoms with Crippen LogP contribution in [0, 0.1) is 5.92 Å². The number of Topliss-reactive ketones (excluding diaryl/α,β-unsaturated/α-hetero) is 1. The number of ether oxygens (including phenoxy) is 3. The minimum atomic E-state index is -0.821. The summed E-state index contributed by atoms with van der Waals surface area (Å²) in [6, 6.07) is 8.61. The molecule has 2 fully saturated rings. The van der Waals surface area contributed by atoms with Gasteiger partial charge in [-0.1, -0.05) is 36.8 Å². The molecule has 1 aromatic carbocycles. The average Bonchev–Trinajstić information content (AvgIpc) is 3.22. The van der Waals surface area contributed by atoms with E-state index in [1.807, 2.05) is 30.3 Å². The van der Waals surface area contributed by atoms with Crippen LogP contribution in [0.2, 0.25) is 0 Å². The minimum absolute atomic E-state index is 0.0369. The monoisotopic (exact) mass is 432 g/mol. The fourth-order valence-corrected chi connectivity index (χ4v) is 4.47. The molecule has 1 aliphatic carbocycles. The van der Waals surface area contributed by atoms with Gasteiger partial charge in [-0.25, -0.2) is 9.59 Å². The summed E-state index contributed by atoms with van der Waals surface area (Å²) in [5, 5.41) is 5.86. The highest BCUT2D eigenvalue weighted by Crippen LogP contribution is 2.45. The van der Waals surface area contributed by atoms with E-state index in [9.17, 15) is 14.4 Å². The fourth-order valence-electron chi connectivity index (χ4n) is 4.47. The molecule has 1 aromatic rings. The molecule has 1 saturated heterocycles. The third-order valence-corrected chi connectivity index (χ3v) is 5.74. The van der Waals surface area contributed by atoms with E-state index in [1.54, 1.807) is 27.7 Å². The van der Waals surface area contributed by atoms with E-state index in [0.717, 1.165) is 18.4 Å². The summed E-state index contributed by atoms with van der Waals surface area (Å²) in [6.07, 6.45) is 0.913. The maximum Gasteiger partial charge on any atom is 0.510 e. The molecule has 0 unspecified atom stereocenters. The zero-order chi connectivity index (χ0) is 22.6. The van der Waals surface area contributed by atoms with Crippen molar-refractivity contribution >= 4 is 18.0 Å². The van der Waals surface area contributed by atoms with Gasteiger partial charge in [0.25, 0.3) is 0 Å². The van der Waals surface area contributed by atoms with Crippen molar-refractivity contribution in [3.63, 3.8) is 0 Å². The van der Waals surface area contributed by atoms with Gasteiger partial charge in [-0.3, -0.25) is 10.1 Å². The average molecular weight is 433 g/mol. The molecule has 0 bridgehead atoms. The summed E-state index contributed by atoms with van der Waals surface area (Å²) in [5.41, 5.74) is -0.603. The fraction of sp³-hybridized carbons (Fsp3) is 0.609. The Labute approximate surface area is 183 Å². The minimum Gasteiger partial charge on any atom is -0.444 e. The first-order chi connectivity index (χ1) is 14.6. The summed E-state index contributed by atoms with van der Waals surface area (Å²) in [5.74, 6) is -0.0839. The van der Waals surface area contributed by atoms with Gasteiger partial charge in [0.15, 0.2) is 12.0 Å². The lowest BCUT2D eigenvalue weighted by molar-refractivity contribution is -0.128. The number of fused-ring (bicyclic) bond motifs is 1. The zero-order valence-corrected chi connectivity index (χ0v) is 18.6. The maximum atomic E-state index is 13.3. The van der Waals surface area contributed by atoms with Crippen molar-refractivity contribution in [3.05, 3.63) is 35.9 Å². The number of rotatable bonds is 6. The Bertz CT molecular complexity index is 806. The number of carbonyl (C=O) groups excluding carboxylic acids is 3. The van der Waals surface area contributed by atoms with E-state index < -0.39 is 35.7 Å². The van der Waals surface area contributed by atoms with E-state index in [0.29, 0.717) is 12.8 Å². The number of nitrogens with one attached hydrogen (secondary N) is 2. The van der Waals surface area contributed by atoms with Gasteiger partial charge >= 0.3 is 12.2 Å². The molecule has 2 N–H and O–H groups in total. The van der Waals surface area contributed by atoms with E-state index in [4.69, 9.17) is 14.2 Å². The Kier molecular flexibility index (Phi) is 6.89. The quantitative estimate of drug-likeness (QED) is 0.661. The Hall–Kier alpha value is -2.61. The molecule has 0 spiro atoms. The summed E-state index contributed by atoms with van der Waals surface area (Å²) in [4.78, 5) is 37.5. The Morgan fingerprint density at radius 3 is 2.61 bits per heavy atom. The lowest BCUT2D eigenvalue weighted by Crippen LogP contribution is -2.58. The van der Waals surface area contributed by atoms with E-state index in [1.165, 1.54) is 0 Å². The Morgan fingerprint density at radius 2 is 1.94 bits per heavy atom. The van der Waals surface area contributed by atoms with Gasteiger partial charge in [0.05, 0.1) is 11.6 Å². The van der Waals surface area contributed by atoms with Gasteiger partial charge in [0.1, 0.15) is 12.2 Å². The summed E-state index contributed by atoms with van der Waals surface area (Å²) in [6.45, 7) is 7.07. The van der Waals surface area contributed by atoms with Gasteiger partial charge in [0.2, 0.25) is 0 Å².